The predicted molar refractivity (Wildman–Crippen MR) is 75.8 cm³/mol. The van der Waals surface area contributed by atoms with Crippen molar-refractivity contribution in [3.05, 3.63) is 53.5 Å². The van der Waals surface area contributed by atoms with Crippen LogP contribution in [-0.4, -0.2) is 14.8 Å². The largest absolute Gasteiger partial charge is 0.467 e. The van der Waals surface area contributed by atoms with Crippen molar-refractivity contribution < 1.29 is 8.81 Å². The lowest BCUT2D eigenvalue weighted by atomic mass is 10.2. The minimum absolute atomic E-state index is 0.257. The fourth-order valence-electron chi connectivity index (χ4n) is 2.77. The van der Waals surface area contributed by atoms with Gasteiger partial charge in [0.25, 0.3) is 0 Å². The standard InChI is InChI=1S/C16H14FN3O/c1-10-9-21-13-3-2-4-14-18-16(19-20(14)15(10)13)11-5-7-12(17)8-6-11/h5-9H,2-4H2,1H3. The Labute approximate surface area is 121 Å². The number of furan rings is 1. The third kappa shape index (κ3) is 1.96. The summed E-state index contributed by atoms with van der Waals surface area (Å²) in [6, 6.07) is 6.26. The van der Waals surface area contributed by atoms with Crippen LogP contribution in [0, 0.1) is 12.7 Å². The highest BCUT2D eigenvalue weighted by atomic mass is 19.1. The van der Waals surface area contributed by atoms with Gasteiger partial charge in [0.2, 0.25) is 0 Å². The number of hydrogen-bond acceptors (Lipinski definition) is 3. The Morgan fingerprint density at radius 1 is 1.19 bits per heavy atom. The van der Waals surface area contributed by atoms with Gasteiger partial charge in [-0.05, 0) is 37.6 Å². The Morgan fingerprint density at radius 3 is 2.81 bits per heavy atom. The Morgan fingerprint density at radius 2 is 2.00 bits per heavy atom. The number of nitrogens with zero attached hydrogens (tertiary/aromatic N) is 3. The van der Waals surface area contributed by atoms with Gasteiger partial charge in [-0.2, -0.15) is 0 Å². The van der Waals surface area contributed by atoms with Gasteiger partial charge in [0.05, 0.1) is 6.26 Å². The predicted octanol–water partition coefficient (Wildman–Crippen LogP) is 3.46. The molecular weight excluding hydrogens is 269 g/mol. The summed E-state index contributed by atoms with van der Waals surface area (Å²) in [6.45, 7) is 2.01. The van der Waals surface area contributed by atoms with Crippen LogP contribution in [0.5, 0.6) is 0 Å². The first-order chi connectivity index (χ1) is 10.2. The van der Waals surface area contributed by atoms with Crippen molar-refractivity contribution in [2.45, 2.75) is 26.2 Å². The average molecular weight is 283 g/mol. The number of fused-ring (bicyclic) bond motifs is 3. The fraction of sp³-hybridized carbons (Fsp3) is 0.250. The van der Waals surface area contributed by atoms with E-state index in [1.807, 2.05) is 11.6 Å². The molecule has 1 aliphatic heterocycles. The molecule has 2 aromatic heterocycles. The van der Waals surface area contributed by atoms with E-state index in [1.54, 1.807) is 18.4 Å². The SMILES string of the molecule is Cc1coc2c1-n1nc(-c3ccc(F)cc3)nc1CCC2. The summed E-state index contributed by atoms with van der Waals surface area (Å²) in [7, 11) is 0. The minimum Gasteiger partial charge on any atom is -0.467 e. The molecule has 0 saturated carbocycles. The van der Waals surface area contributed by atoms with Crippen LogP contribution < -0.4 is 0 Å². The molecule has 1 aliphatic rings. The first-order valence-electron chi connectivity index (χ1n) is 7.01. The van der Waals surface area contributed by atoms with Gasteiger partial charge in [0.15, 0.2) is 5.82 Å². The summed E-state index contributed by atoms with van der Waals surface area (Å²) in [6.07, 6.45) is 4.51. The molecule has 3 aromatic rings. The van der Waals surface area contributed by atoms with Crippen molar-refractivity contribution in [1.82, 2.24) is 14.8 Å². The van der Waals surface area contributed by atoms with Crippen LogP contribution in [0.2, 0.25) is 0 Å². The van der Waals surface area contributed by atoms with Gasteiger partial charge in [-0.15, -0.1) is 5.10 Å². The molecule has 5 heteroatoms. The molecule has 1 aromatic carbocycles. The molecular formula is C16H14FN3O. The van der Waals surface area contributed by atoms with E-state index in [4.69, 9.17) is 4.42 Å². The summed E-state index contributed by atoms with van der Waals surface area (Å²) in [5.41, 5.74) is 2.88. The summed E-state index contributed by atoms with van der Waals surface area (Å²) < 4.78 is 20.5. The zero-order valence-corrected chi connectivity index (χ0v) is 11.6. The van der Waals surface area contributed by atoms with Gasteiger partial charge in [-0.3, -0.25) is 0 Å². The van der Waals surface area contributed by atoms with Gasteiger partial charge in [-0.25, -0.2) is 14.1 Å². The van der Waals surface area contributed by atoms with Crippen LogP contribution in [0.25, 0.3) is 17.1 Å². The van der Waals surface area contributed by atoms with Gasteiger partial charge in [0, 0.05) is 24.0 Å². The Kier molecular flexibility index (Phi) is 2.67. The second-order valence-electron chi connectivity index (χ2n) is 5.31. The fourth-order valence-corrected chi connectivity index (χ4v) is 2.77. The number of aryl methyl sites for hydroxylation is 3. The number of rotatable bonds is 1. The van der Waals surface area contributed by atoms with Crippen molar-refractivity contribution in [2.24, 2.45) is 0 Å². The van der Waals surface area contributed by atoms with Gasteiger partial charge in [0.1, 0.15) is 23.1 Å². The zero-order valence-electron chi connectivity index (χ0n) is 11.6. The normalized spacial score (nSPS) is 13.6. The second-order valence-corrected chi connectivity index (χ2v) is 5.31. The van der Waals surface area contributed by atoms with Crippen LogP contribution in [0.1, 0.15) is 23.6 Å². The maximum atomic E-state index is 13.0. The highest BCUT2D eigenvalue weighted by molar-refractivity contribution is 5.55. The first-order valence-corrected chi connectivity index (χ1v) is 7.01. The summed E-state index contributed by atoms with van der Waals surface area (Å²) in [5.74, 6) is 2.25. The van der Waals surface area contributed by atoms with E-state index in [1.165, 1.54) is 12.1 Å². The van der Waals surface area contributed by atoms with E-state index < -0.39 is 0 Å². The smallest absolute Gasteiger partial charge is 0.181 e. The Hall–Kier alpha value is -2.43. The van der Waals surface area contributed by atoms with Crippen LogP contribution in [-0.2, 0) is 12.8 Å². The molecule has 21 heavy (non-hydrogen) atoms. The number of halogens is 1. The zero-order chi connectivity index (χ0) is 14.4. The maximum absolute atomic E-state index is 13.0. The molecule has 3 heterocycles. The minimum atomic E-state index is -0.257. The molecule has 0 radical (unpaired) electrons. The molecule has 0 unspecified atom stereocenters. The number of benzene rings is 1. The molecule has 0 N–H and O–H groups in total. The lowest BCUT2D eigenvalue weighted by Crippen LogP contribution is -2.02. The van der Waals surface area contributed by atoms with Crippen molar-refractivity contribution in [3.63, 3.8) is 0 Å². The van der Waals surface area contributed by atoms with E-state index in [0.717, 1.165) is 47.7 Å². The molecule has 0 saturated heterocycles. The lowest BCUT2D eigenvalue weighted by molar-refractivity contribution is 0.502. The Balaban J connectivity index is 1.87. The third-order valence-electron chi connectivity index (χ3n) is 3.81. The van der Waals surface area contributed by atoms with Gasteiger partial charge in [-0.1, -0.05) is 0 Å². The van der Waals surface area contributed by atoms with E-state index in [9.17, 15) is 4.39 Å². The highest BCUT2D eigenvalue weighted by Gasteiger charge is 2.22. The quantitative estimate of drug-likeness (QED) is 0.687. The van der Waals surface area contributed by atoms with E-state index in [0.29, 0.717) is 5.82 Å². The molecule has 0 amide bonds. The van der Waals surface area contributed by atoms with E-state index in [-0.39, 0.29) is 5.82 Å². The van der Waals surface area contributed by atoms with Crippen LogP contribution >= 0.6 is 0 Å². The van der Waals surface area contributed by atoms with Crippen molar-refractivity contribution in [2.75, 3.05) is 0 Å². The molecule has 0 fully saturated rings. The van der Waals surface area contributed by atoms with E-state index >= 15 is 0 Å². The molecule has 4 nitrogen and oxygen atoms in total. The van der Waals surface area contributed by atoms with Crippen LogP contribution in [0.4, 0.5) is 4.39 Å². The third-order valence-corrected chi connectivity index (χ3v) is 3.81. The average Bonchev–Trinajstić information content (AvgIpc) is 3.00. The second kappa shape index (κ2) is 4.55. The van der Waals surface area contributed by atoms with Gasteiger partial charge >= 0.3 is 0 Å². The Bertz CT molecular complexity index is 802. The lowest BCUT2D eigenvalue weighted by Gasteiger charge is -2.01. The summed E-state index contributed by atoms with van der Waals surface area (Å²) in [5, 5.41) is 4.61. The monoisotopic (exact) mass is 283 g/mol. The van der Waals surface area contributed by atoms with E-state index in [2.05, 4.69) is 10.1 Å². The van der Waals surface area contributed by atoms with Crippen LogP contribution in [0.3, 0.4) is 0 Å². The first kappa shape index (κ1) is 12.3. The molecule has 4 rings (SSSR count). The topological polar surface area (TPSA) is 43.9 Å². The highest BCUT2D eigenvalue weighted by Crippen LogP contribution is 2.28. The maximum Gasteiger partial charge on any atom is 0.181 e. The molecule has 0 atom stereocenters. The summed E-state index contributed by atoms with van der Waals surface area (Å²) >= 11 is 0. The van der Waals surface area contributed by atoms with Crippen molar-refractivity contribution in [3.8, 4) is 17.1 Å². The molecule has 106 valence electrons. The van der Waals surface area contributed by atoms with Gasteiger partial charge < -0.3 is 4.42 Å². The van der Waals surface area contributed by atoms with Crippen LogP contribution in [0.15, 0.2) is 34.9 Å². The molecule has 0 spiro atoms. The van der Waals surface area contributed by atoms with Crippen molar-refractivity contribution in [1.29, 1.82) is 0 Å². The summed E-state index contributed by atoms with van der Waals surface area (Å²) in [4.78, 5) is 4.62. The number of hydrogen-bond donors (Lipinski definition) is 0. The van der Waals surface area contributed by atoms with Crippen molar-refractivity contribution >= 4 is 0 Å². The number of aromatic nitrogens is 3. The molecule has 0 aliphatic carbocycles. The molecule has 0 bridgehead atoms.